The third-order valence-electron chi connectivity index (χ3n) is 5.11. The van der Waals surface area contributed by atoms with Crippen molar-refractivity contribution in [3.05, 3.63) is 89.0 Å². The highest BCUT2D eigenvalue weighted by Gasteiger charge is 2.21. The van der Waals surface area contributed by atoms with Gasteiger partial charge in [0.25, 0.3) is 0 Å². The smallest absolute Gasteiger partial charge is 0.222 e. The van der Waals surface area contributed by atoms with Gasteiger partial charge in [0, 0.05) is 11.1 Å². The number of fused-ring (bicyclic) bond motifs is 3. The third kappa shape index (κ3) is 2.74. The predicted octanol–water partition coefficient (Wildman–Crippen LogP) is 4.48. The number of rotatable bonds is 2. The Morgan fingerprint density at radius 2 is 1.39 bits per heavy atom. The topological polar surface area (TPSA) is 89.8 Å². The summed E-state index contributed by atoms with van der Waals surface area (Å²) < 4.78 is 0. The molecule has 1 heterocycles. The molecule has 0 fully saturated rings. The van der Waals surface area contributed by atoms with Crippen molar-refractivity contribution in [3.8, 4) is 0 Å². The molecule has 5 rings (SSSR count). The van der Waals surface area contributed by atoms with Crippen molar-refractivity contribution in [2.24, 2.45) is 0 Å². The molecule has 0 amide bonds. The molecule has 0 aliphatic heterocycles. The Balaban J connectivity index is 1.63. The molecule has 0 radical (unpaired) electrons. The van der Waals surface area contributed by atoms with Gasteiger partial charge in [0.1, 0.15) is 5.82 Å². The Morgan fingerprint density at radius 1 is 0.750 bits per heavy atom. The lowest BCUT2D eigenvalue weighted by Gasteiger charge is -2.23. The Morgan fingerprint density at radius 3 is 2.07 bits per heavy atom. The summed E-state index contributed by atoms with van der Waals surface area (Å²) in [5, 5.41) is 4.47. The Labute approximate surface area is 162 Å². The summed E-state index contributed by atoms with van der Waals surface area (Å²) in [6, 6.07) is 22.8. The van der Waals surface area contributed by atoms with E-state index >= 15 is 0 Å². The van der Waals surface area contributed by atoms with Gasteiger partial charge in [-0.1, -0.05) is 60.7 Å². The zero-order valence-electron chi connectivity index (χ0n) is 15.1. The maximum absolute atomic E-state index is 6.07. The summed E-state index contributed by atoms with van der Waals surface area (Å²) in [6.07, 6.45) is 4.34. The molecule has 5 N–H and O–H groups in total. The first kappa shape index (κ1) is 16.3. The van der Waals surface area contributed by atoms with Crippen molar-refractivity contribution in [1.82, 2.24) is 9.97 Å². The summed E-state index contributed by atoms with van der Waals surface area (Å²) in [5.41, 5.74) is 18.3. The van der Waals surface area contributed by atoms with Crippen LogP contribution in [0.2, 0.25) is 0 Å². The normalized spacial score (nSPS) is 13.0. The molecule has 0 spiro atoms. The van der Waals surface area contributed by atoms with Gasteiger partial charge >= 0.3 is 0 Å². The first-order chi connectivity index (χ1) is 13.7. The van der Waals surface area contributed by atoms with E-state index in [4.69, 9.17) is 11.5 Å². The molecular weight excluding hydrogens is 346 g/mol. The van der Waals surface area contributed by atoms with Crippen molar-refractivity contribution in [2.45, 2.75) is 6.04 Å². The van der Waals surface area contributed by atoms with Gasteiger partial charge in [-0.05, 0) is 40.5 Å². The second-order valence-corrected chi connectivity index (χ2v) is 6.87. The highest BCUT2D eigenvalue weighted by Crippen LogP contribution is 2.36. The van der Waals surface area contributed by atoms with E-state index in [2.05, 4.69) is 76.0 Å². The van der Waals surface area contributed by atoms with Gasteiger partial charge in [-0.25, -0.2) is 4.98 Å². The molecule has 0 saturated heterocycles. The molecule has 28 heavy (non-hydrogen) atoms. The van der Waals surface area contributed by atoms with Crippen LogP contribution in [0.4, 0.5) is 17.5 Å². The van der Waals surface area contributed by atoms with Gasteiger partial charge in [0.2, 0.25) is 5.95 Å². The van der Waals surface area contributed by atoms with E-state index in [0.717, 1.165) is 16.6 Å². The minimum absolute atomic E-state index is 0.00998. The van der Waals surface area contributed by atoms with Gasteiger partial charge in [-0.3, -0.25) is 0 Å². The lowest BCUT2D eigenvalue weighted by Crippen LogP contribution is -2.14. The minimum atomic E-state index is 0.00998. The van der Waals surface area contributed by atoms with Crippen molar-refractivity contribution < 1.29 is 0 Å². The van der Waals surface area contributed by atoms with Gasteiger partial charge < -0.3 is 16.8 Å². The van der Waals surface area contributed by atoms with Crippen LogP contribution in [0.15, 0.2) is 66.7 Å². The van der Waals surface area contributed by atoms with Crippen LogP contribution in [0, 0.1) is 0 Å². The van der Waals surface area contributed by atoms with E-state index in [1.807, 2.05) is 18.2 Å². The standard InChI is InChI=1S/C23H19N5/c24-22-19-13-16(11-12-20(19)27-23(25)28-22)26-21-17-7-3-1-5-14(17)9-10-15-6-2-4-8-18(15)21/h1-13,21,26H,(H4,24,25,27,28). The maximum atomic E-state index is 6.07. The van der Waals surface area contributed by atoms with E-state index < -0.39 is 0 Å². The minimum Gasteiger partial charge on any atom is -0.383 e. The van der Waals surface area contributed by atoms with Crippen LogP contribution in [-0.2, 0) is 0 Å². The zero-order valence-corrected chi connectivity index (χ0v) is 15.1. The number of anilines is 3. The van der Waals surface area contributed by atoms with Gasteiger partial charge in [0.05, 0.1) is 11.6 Å². The van der Waals surface area contributed by atoms with Crippen LogP contribution in [0.3, 0.4) is 0 Å². The Hall–Kier alpha value is -3.86. The van der Waals surface area contributed by atoms with Gasteiger partial charge in [-0.2, -0.15) is 4.98 Å². The number of aromatic nitrogens is 2. The summed E-state index contributed by atoms with van der Waals surface area (Å²) in [5.74, 6) is 0.567. The molecule has 1 aliphatic carbocycles. The van der Waals surface area contributed by atoms with Gasteiger partial charge in [0.15, 0.2) is 0 Å². The van der Waals surface area contributed by atoms with Crippen molar-refractivity contribution >= 4 is 40.5 Å². The fourth-order valence-electron chi connectivity index (χ4n) is 3.78. The molecule has 0 saturated carbocycles. The summed E-state index contributed by atoms with van der Waals surface area (Å²) in [4.78, 5) is 8.34. The first-order valence-electron chi connectivity index (χ1n) is 9.14. The highest BCUT2D eigenvalue weighted by molar-refractivity contribution is 5.91. The average molecular weight is 365 g/mol. The number of hydrogen-bond acceptors (Lipinski definition) is 5. The fraction of sp³-hybridized carbons (Fsp3) is 0.0435. The lowest BCUT2D eigenvalue weighted by molar-refractivity contribution is 0.936. The maximum Gasteiger partial charge on any atom is 0.222 e. The fourth-order valence-corrected chi connectivity index (χ4v) is 3.78. The van der Waals surface area contributed by atoms with Crippen LogP contribution >= 0.6 is 0 Å². The van der Waals surface area contributed by atoms with Crippen LogP contribution in [-0.4, -0.2) is 9.97 Å². The molecular formula is C23H19N5. The van der Waals surface area contributed by atoms with E-state index in [-0.39, 0.29) is 12.0 Å². The number of nitrogens with one attached hydrogen (secondary N) is 1. The number of nitrogens with zero attached hydrogens (tertiary/aromatic N) is 2. The van der Waals surface area contributed by atoms with Crippen molar-refractivity contribution in [1.29, 1.82) is 0 Å². The highest BCUT2D eigenvalue weighted by atomic mass is 15.0. The monoisotopic (exact) mass is 365 g/mol. The van der Waals surface area contributed by atoms with E-state index in [0.29, 0.717) is 5.82 Å². The second-order valence-electron chi connectivity index (χ2n) is 6.87. The van der Waals surface area contributed by atoms with E-state index in [1.54, 1.807) is 0 Å². The molecule has 0 atom stereocenters. The molecule has 0 unspecified atom stereocenters. The number of nitrogens with two attached hydrogens (primary N) is 2. The predicted molar refractivity (Wildman–Crippen MR) is 116 cm³/mol. The second kappa shape index (κ2) is 6.39. The SMILES string of the molecule is Nc1nc(N)c2cc(NC3c4ccccc4C=Cc4ccccc43)ccc2n1. The largest absolute Gasteiger partial charge is 0.383 e. The number of nitrogen functional groups attached to an aromatic ring is 2. The molecule has 136 valence electrons. The van der Waals surface area contributed by atoms with Crippen LogP contribution < -0.4 is 16.8 Å². The quantitative estimate of drug-likeness (QED) is 0.487. The molecule has 5 heteroatoms. The van der Waals surface area contributed by atoms with Crippen LogP contribution in [0.5, 0.6) is 0 Å². The first-order valence-corrected chi connectivity index (χ1v) is 9.14. The van der Waals surface area contributed by atoms with Crippen LogP contribution in [0.1, 0.15) is 28.3 Å². The van der Waals surface area contributed by atoms with Crippen molar-refractivity contribution in [2.75, 3.05) is 16.8 Å². The molecule has 0 bridgehead atoms. The zero-order chi connectivity index (χ0) is 19.1. The summed E-state index contributed by atoms with van der Waals surface area (Å²) in [6.45, 7) is 0. The van der Waals surface area contributed by atoms with Gasteiger partial charge in [-0.15, -0.1) is 0 Å². The van der Waals surface area contributed by atoms with Crippen molar-refractivity contribution in [3.63, 3.8) is 0 Å². The Bertz CT molecular complexity index is 1180. The van der Waals surface area contributed by atoms with E-state index in [9.17, 15) is 0 Å². The summed E-state index contributed by atoms with van der Waals surface area (Å²) in [7, 11) is 0. The molecule has 1 aromatic heterocycles. The third-order valence-corrected chi connectivity index (χ3v) is 5.11. The summed E-state index contributed by atoms with van der Waals surface area (Å²) >= 11 is 0. The van der Waals surface area contributed by atoms with E-state index in [1.165, 1.54) is 22.3 Å². The number of hydrogen-bond donors (Lipinski definition) is 3. The lowest BCUT2D eigenvalue weighted by atomic mass is 9.94. The number of benzene rings is 3. The molecule has 1 aliphatic rings. The Kier molecular flexibility index (Phi) is 3.72. The van der Waals surface area contributed by atoms with Crippen LogP contribution in [0.25, 0.3) is 23.1 Å². The molecule has 3 aromatic carbocycles. The average Bonchev–Trinajstić information content (AvgIpc) is 2.86. The molecule has 5 nitrogen and oxygen atoms in total. The molecule has 4 aromatic rings.